The number of nitrogens with zero attached hydrogens (tertiary/aromatic N) is 1. The highest BCUT2D eigenvalue weighted by atomic mass is 16.4. The van der Waals surface area contributed by atoms with Gasteiger partial charge in [0.05, 0.1) is 0 Å². The van der Waals surface area contributed by atoms with E-state index in [1.165, 1.54) is 37.7 Å². The Morgan fingerprint density at radius 2 is 1.90 bits per heavy atom. The molecule has 0 unspecified atom stereocenters. The van der Waals surface area contributed by atoms with Gasteiger partial charge in [0.2, 0.25) is 0 Å². The molecule has 2 rings (SSSR count). The summed E-state index contributed by atoms with van der Waals surface area (Å²) in [6, 6.07) is 8.46. The Balaban J connectivity index is 1.84. The Bertz CT molecular complexity index is 439. The molecule has 21 heavy (non-hydrogen) atoms. The molecule has 1 aromatic carbocycles. The van der Waals surface area contributed by atoms with Gasteiger partial charge in [0.15, 0.2) is 0 Å². The molecule has 0 atom stereocenters. The second-order valence-corrected chi connectivity index (χ2v) is 5.80. The molecule has 4 heteroatoms. The topological polar surface area (TPSA) is 52.6 Å². The number of hydrogen-bond donors (Lipinski definition) is 2. The number of anilines is 1. The van der Waals surface area contributed by atoms with Gasteiger partial charge in [-0.2, -0.15) is 0 Å². The van der Waals surface area contributed by atoms with E-state index in [9.17, 15) is 4.79 Å². The number of carbonyl (C=O) groups is 1. The first-order valence-corrected chi connectivity index (χ1v) is 8.02. The molecule has 0 heterocycles. The third-order valence-electron chi connectivity index (χ3n) is 4.39. The van der Waals surface area contributed by atoms with Crippen molar-refractivity contribution in [3.63, 3.8) is 0 Å². The Morgan fingerprint density at radius 3 is 2.48 bits per heavy atom. The first kappa shape index (κ1) is 15.8. The van der Waals surface area contributed by atoms with Gasteiger partial charge in [-0.25, -0.2) is 4.79 Å². The molecule has 1 amide bonds. The van der Waals surface area contributed by atoms with Crippen molar-refractivity contribution in [2.24, 2.45) is 0 Å². The fraction of sp³-hybridized carbons (Fsp3) is 0.588. The SMILES string of the molecule is CCN(CCc1ccc(NC(=O)O)cc1)C1CCCCC1. The van der Waals surface area contributed by atoms with Crippen LogP contribution < -0.4 is 5.32 Å². The van der Waals surface area contributed by atoms with Crippen LogP contribution in [0.15, 0.2) is 24.3 Å². The Morgan fingerprint density at radius 1 is 1.24 bits per heavy atom. The zero-order chi connectivity index (χ0) is 15.1. The molecule has 1 aromatic rings. The summed E-state index contributed by atoms with van der Waals surface area (Å²) in [6.45, 7) is 4.45. The molecule has 1 fully saturated rings. The first-order valence-electron chi connectivity index (χ1n) is 8.02. The normalized spacial score (nSPS) is 16.1. The summed E-state index contributed by atoms with van der Waals surface area (Å²) in [7, 11) is 0. The van der Waals surface area contributed by atoms with Crippen LogP contribution in [0.4, 0.5) is 10.5 Å². The van der Waals surface area contributed by atoms with E-state index in [1.54, 1.807) is 0 Å². The van der Waals surface area contributed by atoms with Gasteiger partial charge in [-0.3, -0.25) is 5.32 Å². The Kier molecular flexibility index (Phi) is 6.05. The molecule has 0 bridgehead atoms. The third kappa shape index (κ3) is 5.05. The van der Waals surface area contributed by atoms with E-state index in [4.69, 9.17) is 5.11 Å². The van der Waals surface area contributed by atoms with Crippen LogP contribution in [0, 0.1) is 0 Å². The standard InChI is InChI=1S/C17H26N2O2/c1-2-19(16-6-4-3-5-7-16)13-12-14-8-10-15(11-9-14)18-17(20)21/h8-11,16,18H,2-7,12-13H2,1H3,(H,20,21). The van der Waals surface area contributed by atoms with Crippen LogP contribution in [0.5, 0.6) is 0 Å². The van der Waals surface area contributed by atoms with Crippen LogP contribution in [0.1, 0.15) is 44.6 Å². The molecule has 1 saturated carbocycles. The van der Waals surface area contributed by atoms with Crippen molar-refractivity contribution < 1.29 is 9.90 Å². The van der Waals surface area contributed by atoms with Crippen LogP contribution in [0.25, 0.3) is 0 Å². The first-order chi connectivity index (χ1) is 10.2. The second-order valence-electron chi connectivity index (χ2n) is 5.80. The maximum Gasteiger partial charge on any atom is 0.409 e. The maximum atomic E-state index is 10.6. The summed E-state index contributed by atoms with van der Waals surface area (Å²) in [6.07, 6.45) is 6.83. The van der Waals surface area contributed by atoms with E-state index in [0.29, 0.717) is 5.69 Å². The van der Waals surface area contributed by atoms with Gasteiger partial charge in [-0.05, 0) is 43.5 Å². The second kappa shape index (κ2) is 8.03. The Hall–Kier alpha value is -1.55. The lowest BCUT2D eigenvalue weighted by molar-refractivity contribution is 0.165. The number of benzene rings is 1. The molecule has 1 aliphatic carbocycles. The lowest BCUT2D eigenvalue weighted by Crippen LogP contribution is -2.38. The lowest BCUT2D eigenvalue weighted by Gasteiger charge is -2.33. The lowest BCUT2D eigenvalue weighted by atomic mass is 9.94. The average molecular weight is 290 g/mol. The van der Waals surface area contributed by atoms with Gasteiger partial charge in [0.1, 0.15) is 0 Å². The number of amides is 1. The number of carboxylic acid groups (broad SMARTS) is 1. The molecule has 0 spiro atoms. The molecule has 1 aliphatic rings. The maximum absolute atomic E-state index is 10.6. The molecular weight excluding hydrogens is 264 g/mol. The van der Waals surface area contributed by atoms with E-state index in [0.717, 1.165) is 25.6 Å². The van der Waals surface area contributed by atoms with Crippen molar-refractivity contribution in [3.8, 4) is 0 Å². The van der Waals surface area contributed by atoms with Gasteiger partial charge in [-0.15, -0.1) is 0 Å². The van der Waals surface area contributed by atoms with Gasteiger partial charge in [-0.1, -0.05) is 38.3 Å². The third-order valence-corrected chi connectivity index (χ3v) is 4.39. The number of rotatable bonds is 6. The minimum atomic E-state index is -1.02. The largest absolute Gasteiger partial charge is 0.465 e. The summed E-state index contributed by atoms with van der Waals surface area (Å²) in [5, 5.41) is 11.0. The quantitative estimate of drug-likeness (QED) is 0.833. The molecular formula is C17H26N2O2. The minimum absolute atomic E-state index is 0.630. The minimum Gasteiger partial charge on any atom is -0.465 e. The fourth-order valence-electron chi connectivity index (χ4n) is 3.20. The smallest absolute Gasteiger partial charge is 0.409 e. The van der Waals surface area contributed by atoms with E-state index in [-0.39, 0.29) is 0 Å². The number of nitrogens with one attached hydrogen (secondary N) is 1. The Labute approximate surface area is 127 Å². The number of likely N-dealkylation sites (N-methyl/N-ethyl adjacent to an activating group) is 1. The van der Waals surface area contributed by atoms with E-state index < -0.39 is 6.09 Å². The summed E-state index contributed by atoms with van der Waals surface area (Å²) in [5.41, 5.74) is 1.89. The predicted octanol–water partition coefficient (Wildman–Crippen LogP) is 3.97. The van der Waals surface area contributed by atoms with Crippen molar-refractivity contribution in [3.05, 3.63) is 29.8 Å². The molecule has 0 aromatic heterocycles. The van der Waals surface area contributed by atoms with E-state index in [1.807, 2.05) is 24.3 Å². The van der Waals surface area contributed by atoms with Crippen LogP contribution in [-0.2, 0) is 6.42 Å². The van der Waals surface area contributed by atoms with Crippen molar-refractivity contribution in [1.82, 2.24) is 4.90 Å². The monoisotopic (exact) mass is 290 g/mol. The van der Waals surface area contributed by atoms with Gasteiger partial charge < -0.3 is 10.0 Å². The highest BCUT2D eigenvalue weighted by Crippen LogP contribution is 2.22. The van der Waals surface area contributed by atoms with Gasteiger partial charge in [0.25, 0.3) is 0 Å². The van der Waals surface area contributed by atoms with Crippen molar-refractivity contribution in [1.29, 1.82) is 0 Å². The van der Waals surface area contributed by atoms with Crippen LogP contribution in [0.2, 0.25) is 0 Å². The highest BCUT2D eigenvalue weighted by Gasteiger charge is 2.19. The van der Waals surface area contributed by atoms with Crippen molar-refractivity contribution in [2.45, 2.75) is 51.5 Å². The van der Waals surface area contributed by atoms with Crippen LogP contribution in [-0.4, -0.2) is 35.2 Å². The van der Waals surface area contributed by atoms with E-state index >= 15 is 0 Å². The van der Waals surface area contributed by atoms with Gasteiger partial charge in [0, 0.05) is 18.3 Å². The fourth-order valence-corrected chi connectivity index (χ4v) is 3.20. The van der Waals surface area contributed by atoms with E-state index in [2.05, 4.69) is 17.1 Å². The van der Waals surface area contributed by atoms with Crippen molar-refractivity contribution in [2.75, 3.05) is 18.4 Å². The number of hydrogen-bond acceptors (Lipinski definition) is 2. The zero-order valence-corrected chi connectivity index (χ0v) is 12.8. The summed E-state index contributed by atoms with van der Waals surface area (Å²) in [4.78, 5) is 13.2. The summed E-state index contributed by atoms with van der Waals surface area (Å²) < 4.78 is 0. The van der Waals surface area contributed by atoms with Crippen LogP contribution >= 0.6 is 0 Å². The molecule has 0 saturated heterocycles. The highest BCUT2D eigenvalue weighted by molar-refractivity contribution is 5.82. The molecule has 0 radical (unpaired) electrons. The zero-order valence-electron chi connectivity index (χ0n) is 12.8. The van der Waals surface area contributed by atoms with Crippen LogP contribution in [0.3, 0.4) is 0 Å². The molecule has 0 aliphatic heterocycles. The molecule has 2 N–H and O–H groups in total. The average Bonchev–Trinajstić information content (AvgIpc) is 2.50. The molecule has 116 valence electrons. The van der Waals surface area contributed by atoms with Crippen molar-refractivity contribution >= 4 is 11.8 Å². The predicted molar refractivity (Wildman–Crippen MR) is 85.9 cm³/mol. The summed E-state index contributed by atoms with van der Waals surface area (Å²) in [5.74, 6) is 0. The molecule has 4 nitrogen and oxygen atoms in total. The summed E-state index contributed by atoms with van der Waals surface area (Å²) >= 11 is 0. The van der Waals surface area contributed by atoms with Gasteiger partial charge >= 0.3 is 6.09 Å².